The molecule has 1 amide bonds. The van der Waals surface area contributed by atoms with Gasteiger partial charge in [-0.3, -0.25) is 4.79 Å². The van der Waals surface area contributed by atoms with Crippen molar-refractivity contribution in [1.29, 1.82) is 0 Å². The van der Waals surface area contributed by atoms with Gasteiger partial charge in [-0.25, -0.2) is 0 Å². The molecule has 0 spiro atoms. The SMILES string of the molecule is CC(C)C(=O)NC1(C)CCCCC1. The molecule has 0 heterocycles. The summed E-state index contributed by atoms with van der Waals surface area (Å²) in [4.78, 5) is 11.5. The van der Waals surface area contributed by atoms with Crippen LogP contribution in [0.1, 0.15) is 52.9 Å². The Morgan fingerprint density at radius 2 is 1.77 bits per heavy atom. The summed E-state index contributed by atoms with van der Waals surface area (Å²) < 4.78 is 0. The van der Waals surface area contributed by atoms with E-state index in [9.17, 15) is 4.79 Å². The molecule has 1 fully saturated rings. The Morgan fingerprint density at radius 1 is 1.23 bits per heavy atom. The first-order chi connectivity index (χ1) is 6.03. The molecule has 0 aromatic rings. The second-order valence-corrected chi connectivity index (χ2v) is 4.77. The average molecular weight is 183 g/mol. The van der Waals surface area contributed by atoms with Crippen molar-refractivity contribution in [3.63, 3.8) is 0 Å². The van der Waals surface area contributed by atoms with E-state index in [1.165, 1.54) is 19.3 Å². The number of amides is 1. The largest absolute Gasteiger partial charge is 0.351 e. The average Bonchev–Trinajstić information content (AvgIpc) is 2.04. The molecular weight excluding hydrogens is 162 g/mol. The summed E-state index contributed by atoms with van der Waals surface area (Å²) in [6.45, 7) is 6.06. The third-order valence-electron chi connectivity index (χ3n) is 2.91. The van der Waals surface area contributed by atoms with Gasteiger partial charge in [0.05, 0.1) is 0 Å². The molecule has 2 nitrogen and oxygen atoms in total. The van der Waals surface area contributed by atoms with E-state index in [4.69, 9.17) is 0 Å². The molecule has 0 radical (unpaired) electrons. The second kappa shape index (κ2) is 4.12. The van der Waals surface area contributed by atoms with Crippen LogP contribution in [-0.4, -0.2) is 11.4 Å². The van der Waals surface area contributed by atoms with Gasteiger partial charge in [-0.05, 0) is 19.8 Å². The molecule has 0 atom stereocenters. The third-order valence-corrected chi connectivity index (χ3v) is 2.91. The molecule has 0 aliphatic heterocycles. The highest BCUT2D eigenvalue weighted by Gasteiger charge is 2.28. The first-order valence-electron chi connectivity index (χ1n) is 5.35. The van der Waals surface area contributed by atoms with Crippen molar-refractivity contribution >= 4 is 5.91 Å². The Kier molecular flexibility index (Phi) is 3.34. The summed E-state index contributed by atoms with van der Waals surface area (Å²) in [5.74, 6) is 0.308. The van der Waals surface area contributed by atoms with Gasteiger partial charge in [0.1, 0.15) is 0 Å². The number of carbonyl (C=O) groups excluding carboxylic acids is 1. The van der Waals surface area contributed by atoms with Gasteiger partial charge in [0, 0.05) is 11.5 Å². The Labute approximate surface area is 81.1 Å². The highest BCUT2D eigenvalue weighted by atomic mass is 16.2. The maximum absolute atomic E-state index is 11.5. The van der Waals surface area contributed by atoms with Gasteiger partial charge in [-0.1, -0.05) is 33.1 Å². The minimum atomic E-state index is 0.0829. The van der Waals surface area contributed by atoms with Crippen molar-refractivity contribution in [3.05, 3.63) is 0 Å². The molecule has 1 rings (SSSR count). The number of hydrogen-bond donors (Lipinski definition) is 1. The van der Waals surface area contributed by atoms with E-state index < -0.39 is 0 Å². The fourth-order valence-electron chi connectivity index (χ4n) is 1.90. The highest BCUT2D eigenvalue weighted by Crippen LogP contribution is 2.27. The lowest BCUT2D eigenvalue weighted by Gasteiger charge is -2.35. The molecule has 1 aliphatic carbocycles. The van der Waals surface area contributed by atoms with Gasteiger partial charge >= 0.3 is 0 Å². The molecular formula is C11H21NO. The molecule has 0 bridgehead atoms. The van der Waals surface area contributed by atoms with E-state index in [1.54, 1.807) is 0 Å². The summed E-state index contributed by atoms with van der Waals surface area (Å²) in [5.41, 5.74) is 0.0829. The zero-order valence-corrected chi connectivity index (χ0v) is 9.02. The molecule has 1 aliphatic rings. The van der Waals surface area contributed by atoms with E-state index in [0.717, 1.165) is 12.8 Å². The summed E-state index contributed by atoms with van der Waals surface area (Å²) >= 11 is 0. The van der Waals surface area contributed by atoms with Crippen molar-refractivity contribution < 1.29 is 4.79 Å². The van der Waals surface area contributed by atoms with Crippen LogP contribution in [-0.2, 0) is 4.79 Å². The number of rotatable bonds is 2. The summed E-state index contributed by atoms with van der Waals surface area (Å²) in [6.07, 6.45) is 6.13. The summed E-state index contributed by atoms with van der Waals surface area (Å²) in [6, 6.07) is 0. The van der Waals surface area contributed by atoms with Gasteiger partial charge < -0.3 is 5.32 Å². The maximum atomic E-state index is 11.5. The number of carbonyl (C=O) groups is 1. The molecule has 0 aromatic heterocycles. The summed E-state index contributed by atoms with van der Waals surface area (Å²) in [7, 11) is 0. The van der Waals surface area contributed by atoms with Crippen LogP contribution in [0.3, 0.4) is 0 Å². The zero-order chi connectivity index (χ0) is 9.90. The van der Waals surface area contributed by atoms with Crippen molar-refractivity contribution in [1.82, 2.24) is 5.32 Å². The van der Waals surface area contributed by atoms with Crippen LogP contribution in [0.4, 0.5) is 0 Å². The van der Waals surface area contributed by atoms with Gasteiger partial charge in [0.25, 0.3) is 0 Å². The first kappa shape index (κ1) is 10.6. The Balaban J connectivity index is 2.45. The van der Waals surface area contributed by atoms with Crippen molar-refractivity contribution in [2.75, 3.05) is 0 Å². The van der Waals surface area contributed by atoms with Crippen LogP contribution in [0.2, 0.25) is 0 Å². The fourth-order valence-corrected chi connectivity index (χ4v) is 1.90. The molecule has 0 saturated heterocycles. The predicted molar refractivity (Wildman–Crippen MR) is 54.5 cm³/mol. The second-order valence-electron chi connectivity index (χ2n) is 4.77. The van der Waals surface area contributed by atoms with Gasteiger partial charge in [-0.2, -0.15) is 0 Å². The standard InChI is InChI=1S/C11H21NO/c1-9(2)10(13)12-11(3)7-5-4-6-8-11/h9H,4-8H2,1-3H3,(H,12,13). The summed E-state index contributed by atoms with van der Waals surface area (Å²) in [5, 5.41) is 3.16. The Bertz CT molecular complexity index is 181. The van der Waals surface area contributed by atoms with E-state index in [1.807, 2.05) is 13.8 Å². The van der Waals surface area contributed by atoms with Crippen LogP contribution >= 0.6 is 0 Å². The van der Waals surface area contributed by atoms with E-state index >= 15 is 0 Å². The maximum Gasteiger partial charge on any atom is 0.222 e. The molecule has 0 aromatic carbocycles. The van der Waals surface area contributed by atoms with Crippen molar-refractivity contribution in [2.45, 2.75) is 58.4 Å². The van der Waals surface area contributed by atoms with Crippen LogP contribution < -0.4 is 5.32 Å². The van der Waals surface area contributed by atoms with Crippen molar-refractivity contribution in [2.24, 2.45) is 5.92 Å². The molecule has 2 heteroatoms. The first-order valence-corrected chi connectivity index (χ1v) is 5.35. The normalized spacial score (nSPS) is 21.5. The topological polar surface area (TPSA) is 29.1 Å². The van der Waals surface area contributed by atoms with Crippen LogP contribution in [0.5, 0.6) is 0 Å². The molecule has 13 heavy (non-hydrogen) atoms. The molecule has 1 N–H and O–H groups in total. The molecule has 1 saturated carbocycles. The van der Waals surface area contributed by atoms with Crippen LogP contribution in [0.15, 0.2) is 0 Å². The smallest absolute Gasteiger partial charge is 0.222 e. The Hall–Kier alpha value is -0.530. The minimum Gasteiger partial charge on any atom is -0.351 e. The fraction of sp³-hybridized carbons (Fsp3) is 0.909. The predicted octanol–water partition coefficient (Wildman–Crippen LogP) is 2.48. The van der Waals surface area contributed by atoms with Gasteiger partial charge in [0.15, 0.2) is 0 Å². The Morgan fingerprint density at radius 3 is 2.23 bits per heavy atom. The van der Waals surface area contributed by atoms with Crippen LogP contribution in [0.25, 0.3) is 0 Å². The van der Waals surface area contributed by atoms with Gasteiger partial charge in [-0.15, -0.1) is 0 Å². The van der Waals surface area contributed by atoms with Gasteiger partial charge in [0.2, 0.25) is 5.91 Å². The molecule has 76 valence electrons. The van der Waals surface area contributed by atoms with Crippen molar-refractivity contribution in [3.8, 4) is 0 Å². The van der Waals surface area contributed by atoms with Crippen LogP contribution in [0, 0.1) is 5.92 Å². The zero-order valence-electron chi connectivity index (χ0n) is 9.02. The number of hydrogen-bond acceptors (Lipinski definition) is 1. The monoisotopic (exact) mass is 183 g/mol. The number of nitrogens with one attached hydrogen (secondary N) is 1. The quantitative estimate of drug-likeness (QED) is 0.700. The minimum absolute atomic E-state index is 0.0829. The lowest BCUT2D eigenvalue weighted by atomic mass is 9.83. The molecule has 0 unspecified atom stereocenters. The third kappa shape index (κ3) is 3.02. The van der Waals surface area contributed by atoms with E-state index in [2.05, 4.69) is 12.2 Å². The van der Waals surface area contributed by atoms with E-state index in [-0.39, 0.29) is 17.4 Å². The van der Waals surface area contributed by atoms with E-state index in [0.29, 0.717) is 0 Å². The highest BCUT2D eigenvalue weighted by molar-refractivity contribution is 5.78. The lowest BCUT2D eigenvalue weighted by Crippen LogP contribution is -2.48. The lowest BCUT2D eigenvalue weighted by molar-refractivity contribution is -0.126.